The Kier molecular flexibility index (Phi) is 5.38. The largest absolute Gasteiger partial charge is 0.346 e. The Balaban J connectivity index is 2.03. The molecule has 1 aliphatic heterocycles. The molecule has 0 radical (unpaired) electrons. The molecule has 0 aliphatic carbocycles. The smallest absolute Gasteiger partial charge is 0.128 e. The summed E-state index contributed by atoms with van der Waals surface area (Å²) in [4.78, 5) is 12.6. The summed E-state index contributed by atoms with van der Waals surface area (Å²) in [5, 5.41) is 3.29. The molecule has 1 saturated heterocycles. The maximum absolute atomic E-state index is 4.25. The predicted molar refractivity (Wildman–Crippen MR) is 81.2 cm³/mol. The van der Waals surface area contributed by atoms with Gasteiger partial charge in [0, 0.05) is 38.8 Å². The van der Waals surface area contributed by atoms with Crippen molar-refractivity contribution in [3.8, 4) is 0 Å². The summed E-state index contributed by atoms with van der Waals surface area (Å²) >= 11 is 3.53. The average molecular weight is 330 g/mol. The maximum atomic E-state index is 4.25. The van der Waals surface area contributed by atoms with Gasteiger partial charge in [-0.15, -0.1) is 0 Å². The minimum Gasteiger partial charge on any atom is -0.346 e. The van der Waals surface area contributed by atoms with Crippen LogP contribution in [0.25, 0.3) is 0 Å². The molecule has 1 atom stereocenters. The van der Waals surface area contributed by atoms with Crippen LogP contribution in [0.15, 0.2) is 10.9 Å². The first-order chi connectivity index (χ1) is 9.13. The third-order valence-corrected chi connectivity index (χ3v) is 4.50. The van der Waals surface area contributed by atoms with Crippen molar-refractivity contribution < 1.29 is 0 Å². The van der Waals surface area contributed by atoms with Crippen molar-refractivity contribution in [1.82, 2.24) is 25.1 Å². The van der Waals surface area contributed by atoms with E-state index >= 15 is 0 Å². The highest BCUT2D eigenvalue weighted by molar-refractivity contribution is 9.10. The number of piperazine rings is 1. The molecule has 0 spiro atoms. The molecule has 1 aromatic heterocycles. The van der Waals surface area contributed by atoms with Crippen molar-refractivity contribution in [3.05, 3.63) is 16.6 Å². The number of nitrogens with one attached hydrogen (secondary N) is 2. The molecule has 108 valence electrons. The second kappa shape index (κ2) is 6.83. The first-order valence-corrected chi connectivity index (χ1v) is 7.74. The molecule has 19 heavy (non-hydrogen) atoms. The van der Waals surface area contributed by atoms with Crippen LogP contribution in [0, 0.1) is 0 Å². The number of hydrogen-bond acceptors (Lipinski definition) is 4. The molecule has 0 amide bonds. The number of aromatic amines is 1. The fourth-order valence-electron chi connectivity index (χ4n) is 2.69. The van der Waals surface area contributed by atoms with Gasteiger partial charge in [0.05, 0.1) is 18.1 Å². The van der Waals surface area contributed by atoms with Gasteiger partial charge in [-0.25, -0.2) is 4.98 Å². The fourth-order valence-corrected chi connectivity index (χ4v) is 3.17. The first-order valence-electron chi connectivity index (χ1n) is 6.95. The van der Waals surface area contributed by atoms with Crippen LogP contribution in [-0.4, -0.2) is 65.6 Å². The highest BCUT2D eigenvalue weighted by Crippen LogP contribution is 2.25. The van der Waals surface area contributed by atoms with Crippen LogP contribution in [0.2, 0.25) is 0 Å². The van der Waals surface area contributed by atoms with E-state index in [0.717, 1.165) is 37.3 Å². The van der Waals surface area contributed by atoms with Crippen LogP contribution in [-0.2, 0) is 0 Å². The summed E-state index contributed by atoms with van der Waals surface area (Å²) in [7, 11) is 2.00. The van der Waals surface area contributed by atoms with E-state index in [1.165, 1.54) is 5.69 Å². The molecule has 2 N–H and O–H groups in total. The van der Waals surface area contributed by atoms with Crippen molar-refractivity contribution in [2.45, 2.75) is 25.9 Å². The second-order valence-electron chi connectivity index (χ2n) is 5.35. The molecule has 1 aromatic rings. The van der Waals surface area contributed by atoms with Gasteiger partial charge in [-0.3, -0.25) is 9.80 Å². The number of aromatic nitrogens is 2. The summed E-state index contributed by atoms with van der Waals surface area (Å²) in [6, 6.07) is 1.000. The van der Waals surface area contributed by atoms with E-state index in [2.05, 4.69) is 54.9 Å². The zero-order valence-electron chi connectivity index (χ0n) is 12.0. The zero-order valence-corrected chi connectivity index (χ0v) is 13.6. The van der Waals surface area contributed by atoms with E-state index in [4.69, 9.17) is 0 Å². The summed E-state index contributed by atoms with van der Waals surface area (Å²) < 4.78 is 0.930. The normalized spacial score (nSPS) is 20.1. The van der Waals surface area contributed by atoms with Crippen molar-refractivity contribution in [3.63, 3.8) is 0 Å². The molecule has 2 rings (SSSR count). The molecule has 1 fully saturated rings. The van der Waals surface area contributed by atoms with Crippen molar-refractivity contribution in [2.24, 2.45) is 0 Å². The van der Waals surface area contributed by atoms with E-state index in [-0.39, 0.29) is 0 Å². The SMILES string of the molecule is CNCC(c1[nH]cnc1Br)N1CCN(C(C)C)CC1. The lowest BCUT2D eigenvalue weighted by molar-refractivity contribution is 0.0765. The number of likely N-dealkylation sites (N-methyl/N-ethyl adjacent to an activating group) is 1. The van der Waals surface area contributed by atoms with E-state index in [1.807, 2.05) is 7.05 Å². The lowest BCUT2D eigenvalue weighted by Gasteiger charge is -2.40. The minimum atomic E-state index is 0.358. The van der Waals surface area contributed by atoms with Crippen molar-refractivity contribution in [2.75, 3.05) is 39.8 Å². The van der Waals surface area contributed by atoms with Gasteiger partial charge in [0.2, 0.25) is 0 Å². The zero-order chi connectivity index (χ0) is 13.8. The van der Waals surface area contributed by atoms with Crippen LogP contribution in [0.5, 0.6) is 0 Å². The maximum Gasteiger partial charge on any atom is 0.128 e. The summed E-state index contributed by atoms with van der Waals surface area (Å²) in [6.45, 7) is 9.97. The van der Waals surface area contributed by atoms with Gasteiger partial charge in [-0.1, -0.05) is 0 Å². The number of nitrogens with zero attached hydrogens (tertiary/aromatic N) is 3. The number of H-pyrrole nitrogens is 1. The molecule has 1 aliphatic rings. The molecule has 0 saturated carbocycles. The Bertz CT molecular complexity index is 384. The molecule has 1 unspecified atom stereocenters. The monoisotopic (exact) mass is 329 g/mol. The summed E-state index contributed by atoms with van der Waals surface area (Å²) in [6.07, 6.45) is 1.76. The number of imidazole rings is 1. The summed E-state index contributed by atoms with van der Waals surface area (Å²) in [5.41, 5.74) is 1.17. The second-order valence-corrected chi connectivity index (χ2v) is 6.10. The molecular weight excluding hydrogens is 306 g/mol. The third kappa shape index (κ3) is 3.56. The van der Waals surface area contributed by atoms with Gasteiger partial charge in [0.25, 0.3) is 0 Å². The summed E-state index contributed by atoms with van der Waals surface area (Å²) in [5.74, 6) is 0. The Morgan fingerprint density at radius 2 is 1.95 bits per heavy atom. The predicted octanol–water partition coefficient (Wildman–Crippen LogP) is 1.46. The topological polar surface area (TPSA) is 47.2 Å². The van der Waals surface area contributed by atoms with Gasteiger partial charge in [-0.2, -0.15) is 0 Å². The van der Waals surface area contributed by atoms with E-state index < -0.39 is 0 Å². The Morgan fingerprint density at radius 3 is 2.42 bits per heavy atom. The van der Waals surface area contributed by atoms with E-state index in [9.17, 15) is 0 Å². The van der Waals surface area contributed by atoms with Gasteiger partial charge in [0.15, 0.2) is 0 Å². The lowest BCUT2D eigenvalue weighted by Crippen LogP contribution is -2.51. The molecule has 6 heteroatoms. The molecule has 0 aromatic carbocycles. The van der Waals surface area contributed by atoms with Crippen LogP contribution >= 0.6 is 15.9 Å². The lowest BCUT2D eigenvalue weighted by atomic mass is 10.1. The van der Waals surface area contributed by atoms with Gasteiger partial charge in [-0.05, 0) is 36.8 Å². The molecular formula is C13H24BrN5. The van der Waals surface area contributed by atoms with E-state index in [0.29, 0.717) is 12.1 Å². The van der Waals surface area contributed by atoms with Crippen LogP contribution in [0.1, 0.15) is 25.6 Å². The van der Waals surface area contributed by atoms with Gasteiger partial charge in [0.1, 0.15) is 4.60 Å². The van der Waals surface area contributed by atoms with Crippen LogP contribution < -0.4 is 5.32 Å². The van der Waals surface area contributed by atoms with Gasteiger partial charge < -0.3 is 10.3 Å². The standard InChI is InChI=1S/C13H24BrN5/c1-10(2)18-4-6-19(7-5-18)11(8-15-3)12-13(14)17-9-16-12/h9-11,15H,4-8H2,1-3H3,(H,16,17). The van der Waals surface area contributed by atoms with Crippen molar-refractivity contribution >= 4 is 15.9 Å². The van der Waals surface area contributed by atoms with Crippen molar-refractivity contribution in [1.29, 1.82) is 0 Å². The van der Waals surface area contributed by atoms with E-state index in [1.54, 1.807) is 6.33 Å². The number of rotatable bonds is 5. The third-order valence-electron chi connectivity index (χ3n) is 3.87. The van der Waals surface area contributed by atoms with Crippen LogP contribution in [0.3, 0.4) is 0 Å². The fraction of sp³-hybridized carbons (Fsp3) is 0.769. The van der Waals surface area contributed by atoms with Gasteiger partial charge >= 0.3 is 0 Å². The average Bonchev–Trinajstić information content (AvgIpc) is 2.82. The Hall–Kier alpha value is -0.430. The molecule has 0 bridgehead atoms. The number of halogens is 1. The molecule has 5 nitrogen and oxygen atoms in total. The van der Waals surface area contributed by atoms with Crippen LogP contribution in [0.4, 0.5) is 0 Å². The first kappa shape index (κ1) is 15.0. The quantitative estimate of drug-likeness (QED) is 0.858. The Morgan fingerprint density at radius 1 is 1.32 bits per heavy atom. The minimum absolute atomic E-state index is 0.358. The molecule has 2 heterocycles. The highest BCUT2D eigenvalue weighted by Gasteiger charge is 2.27. The highest BCUT2D eigenvalue weighted by atomic mass is 79.9. The number of hydrogen-bond donors (Lipinski definition) is 2. The Labute approximate surface area is 123 Å².